The second kappa shape index (κ2) is 11.6. The molecular formula is C16H14Cl4F6O3. The number of halogens is 10. The van der Waals surface area contributed by atoms with Crippen LogP contribution < -0.4 is 9.47 Å². The van der Waals surface area contributed by atoms with Crippen LogP contribution in [0, 0.1) is 0 Å². The van der Waals surface area contributed by atoms with Gasteiger partial charge in [0.2, 0.25) is 6.10 Å². The van der Waals surface area contributed by atoms with Crippen LogP contribution in [0.15, 0.2) is 22.7 Å². The highest BCUT2D eigenvalue weighted by atomic mass is 35.5. The van der Waals surface area contributed by atoms with Crippen molar-refractivity contribution < 1.29 is 40.6 Å². The van der Waals surface area contributed by atoms with Crippen molar-refractivity contribution in [1.29, 1.82) is 0 Å². The number of hydrogen-bond acceptors (Lipinski definition) is 3. The molecular weight excluding hydrogens is 496 g/mol. The molecule has 1 rings (SSSR count). The maximum Gasteiger partial charge on any atom is 0.423 e. The van der Waals surface area contributed by atoms with Crippen molar-refractivity contribution in [2.24, 2.45) is 0 Å². The number of rotatable bonds is 10. The van der Waals surface area contributed by atoms with Gasteiger partial charge in [0.15, 0.2) is 5.75 Å². The van der Waals surface area contributed by atoms with E-state index in [1.54, 1.807) is 0 Å². The third-order valence-electron chi connectivity index (χ3n) is 3.12. The van der Waals surface area contributed by atoms with Gasteiger partial charge in [-0.15, -0.1) is 0 Å². The zero-order chi connectivity index (χ0) is 22.2. The molecule has 0 N–H and O–H groups in total. The summed E-state index contributed by atoms with van der Waals surface area (Å²) in [6.45, 7) is -0.750. The maximum absolute atomic E-state index is 12.3. The SMILES string of the molecule is FC(F)(F)C(OCCCCOc1c(Cl)cc(OCC=C(Cl)Cl)cc1Cl)C(F)(F)F. The van der Waals surface area contributed by atoms with Crippen molar-refractivity contribution in [2.45, 2.75) is 31.3 Å². The van der Waals surface area contributed by atoms with Crippen LogP contribution in [0.2, 0.25) is 10.0 Å². The minimum Gasteiger partial charge on any atom is -0.490 e. The minimum atomic E-state index is -5.54. The van der Waals surface area contributed by atoms with Crippen molar-refractivity contribution in [3.8, 4) is 11.5 Å². The highest BCUT2D eigenvalue weighted by molar-refractivity contribution is 6.55. The van der Waals surface area contributed by atoms with Gasteiger partial charge in [0, 0.05) is 18.7 Å². The first-order chi connectivity index (χ1) is 13.3. The number of ether oxygens (including phenoxy) is 3. The molecule has 0 saturated heterocycles. The molecule has 0 radical (unpaired) electrons. The molecule has 0 aromatic heterocycles. The Hall–Kier alpha value is -0.740. The van der Waals surface area contributed by atoms with Crippen LogP contribution in [0.5, 0.6) is 11.5 Å². The lowest BCUT2D eigenvalue weighted by Crippen LogP contribution is -2.44. The van der Waals surface area contributed by atoms with E-state index < -0.39 is 25.1 Å². The number of unbranched alkanes of at least 4 members (excludes halogenated alkanes) is 1. The Bertz CT molecular complexity index is 653. The Labute approximate surface area is 182 Å². The molecule has 0 heterocycles. The summed E-state index contributed by atoms with van der Waals surface area (Å²) in [5, 5.41) is 0.192. The molecule has 1 aromatic carbocycles. The summed E-state index contributed by atoms with van der Waals surface area (Å²) < 4.78 is 88.5. The number of hydrogen-bond donors (Lipinski definition) is 0. The van der Waals surface area contributed by atoms with Crippen LogP contribution in [0.25, 0.3) is 0 Å². The monoisotopic (exact) mass is 508 g/mol. The van der Waals surface area contributed by atoms with Crippen LogP contribution in [0.3, 0.4) is 0 Å². The normalized spacial score (nSPS) is 12.2. The summed E-state index contributed by atoms with van der Waals surface area (Å²) in [6.07, 6.45) is -13.5. The Balaban J connectivity index is 2.47. The van der Waals surface area contributed by atoms with Gasteiger partial charge in [-0.1, -0.05) is 46.4 Å². The molecule has 0 atom stereocenters. The summed E-state index contributed by atoms with van der Waals surface area (Å²) in [6, 6.07) is 2.80. The van der Waals surface area contributed by atoms with E-state index >= 15 is 0 Å². The van der Waals surface area contributed by atoms with E-state index in [1.807, 2.05) is 0 Å². The highest BCUT2D eigenvalue weighted by Gasteiger charge is 2.57. The molecule has 0 saturated carbocycles. The van der Waals surface area contributed by atoms with E-state index in [1.165, 1.54) is 18.2 Å². The zero-order valence-corrected chi connectivity index (χ0v) is 17.4. The molecule has 0 fully saturated rings. The molecule has 29 heavy (non-hydrogen) atoms. The van der Waals surface area contributed by atoms with E-state index in [-0.39, 0.29) is 46.3 Å². The fourth-order valence-electron chi connectivity index (χ4n) is 1.91. The lowest BCUT2D eigenvalue weighted by atomic mass is 10.3. The summed E-state index contributed by atoms with van der Waals surface area (Å²) >= 11 is 22.9. The third kappa shape index (κ3) is 9.74. The van der Waals surface area contributed by atoms with Gasteiger partial charge in [-0.3, -0.25) is 0 Å². The van der Waals surface area contributed by atoms with Gasteiger partial charge in [0.25, 0.3) is 0 Å². The van der Waals surface area contributed by atoms with Crippen molar-refractivity contribution in [3.05, 3.63) is 32.7 Å². The Kier molecular flexibility index (Phi) is 10.5. The largest absolute Gasteiger partial charge is 0.490 e. The first-order valence-corrected chi connectivity index (χ1v) is 9.34. The molecule has 13 heteroatoms. The second-order valence-corrected chi connectivity index (χ2v) is 7.23. The van der Waals surface area contributed by atoms with Crippen molar-refractivity contribution in [1.82, 2.24) is 0 Å². The van der Waals surface area contributed by atoms with E-state index in [9.17, 15) is 26.3 Å². The van der Waals surface area contributed by atoms with Crippen molar-refractivity contribution >= 4 is 46.4 Å². The highest BCUT2D eigenvalue weighted by Crippen LogP contribution is 2.37. The van der Waals surface area contributed by atoms with Gasteiger partial charge < -0.3 is 14.2 Å². The van der Waals surface area contributed by atoms with Crippen molar-refractivity contribution in [2.75, 3.05) is 19.8 Å². The molecule has 0 bridgehead atoms. The molecule has 0 aliphatic heterocycles. The van der Waals surface area contributed by atoms with Gasteiger partial charge in [-0.05, 0) is 18.9 Å². The first-order valence-electron chi connectivity index (χ1n) is 7.83. The van der Waals surface area contributed by atoms with Crippen LogP contribution >= 0.6 is 46.4 Å². The number of alkyl halides is 6. The zero-order valence-electron chi connectivity index (χ0n) is 14.3. The Morgan fingerprint density at radius 1 is 0.897 bits per heavy atom. The minimum absolute atomic E-state index is 0.0166. The average Bonchev–Trinajstić information content (AvgIpc) is 2.53. The Morgan fingerprint density at radius 3 is 1.90 bits per heavy atom. The van der Waals surface area contributed by atoms with E-state index in [4.69, 9.17) is 55.9 Å². The van der Waals surface area contributed by atoms with E-state index in [0.717, 1.165) is 0 Å². The predicted octanol–water partition coefficient (Wildman–Crippen LogP) is 7.36. The maximum atomic E-state index is 12.3. The van der Waals surface area contributed by atoms with Gasteiger partial charge in [0.1, 0.15) is 16.8 Å². The second-order valence-electron chi connectivity index (χ2n) is 5.41. The lowest BCUT2D eigenvalue weighted by Gasteiger charge is -2.23. The standard InChI is InChI=1S/C16H14Cl4F6O3/c17-10-7-9(27-6-3-12(19)20)8-11(18)13(10)28-4-1-2-5-29-14(15(21,22)23)16(24,25)26/h3,7-8,14H,1-2,4-6H2. The lowest BCUT2D eigenvalue weighted by molar-refractivity contribution is -0.321. The van der Waals surface area contributed by atoms with Gasteiger partial charge >= 0.3 is 12.4 Å². The predicted molar refractivity (Wildman–Crippen MR) is 98.3 cm³/mol. The molecule has 0 aliphatic rings. The summed E-state index contributed by atoms with van der Waals surface area (Å²) in [7, 11) is 0. The van der Waals surface area contributed by atoms with E-state index in [2.05, 4.69) is 4.74 Å². The fraction of sp³-hybridized carbons (Fsp3) is 0.500. The third-order valence-corrected chi connectivity index (χ3v) is 3.99. The summed E-state index contributed by atoms with van der Waals surface area (Å²) in [4.78, 5) is 0. The molecule has 3 nitrogen and oxygen atoms in total. The quantitative estimate of drug-likeness (QED) is 0.243. The van der Waals surface area contributed by atoms with Crippen LogP contribution in [0.1, 0.15) is 12.8 Å². The van der Waals surface area contributed by atoms with Gasteiger partial charge in [-0.2, -0.15) is 26.3 Å². The molecule has 1 aromatic rings. The molecule has 0 spiro atoms. The molecule has 166 valence electrons. The molecule has 0 aliphatic carbocycles. The smallest absolute Gasteiger partial charge is 0.423 e. The van der Waals surface area contributed by atoms with Gasteiger partial charge in [0.05, 0.1) is 16.7 Å². The Morgan fingerprint density at radius 2 is 1.41 bits per heavy atom. The van der Waals surface area contributed by atoms with E-state index in [0.29, 0.717) is 5.75 Å². The molecule has 0 amide bonds. The fourth-order valence-corrected chi connectivity index (χ4v) is 2.61. The van der Waals surface area contributed by atoms with Gasteiger partial charge in [-0.25, -0.2) is 0 Å². The van der Waals surface area contributed by atoms with Crippen molar-refractivity contribution in [3.63, 3.8) is 0 Å². The van der Waals surface area contributed by atoms with Crippen LogP contribution in [-0.2, 0) is 4.74 Å². The summed E-state index contributed by atoms with van der Waals surface area (Å²) in [5.74, 6) is 0.396. The summed E-state index contributed by atoms with van der Waals surface area (Å²) in [5.41, 5.74) is 0. The number of benzene rings is 1. The van der Waals surface area contributed by atoms with Crippen LogP contribution in [0.4, 0.5) is 26.3 Å². The topological polar surface area (TPSA) is 27.7 Å². The van der Waals surface area contributed by atoms with Crippen LogP contribution in [-0.4, -0.2) is 38.3 Å². The average molecular weight is 510 g/mol. The first kappa shape index (κ1) is 26.3. The molecule has 0 unspecified atom stereocenters.